The first-order valence-corrected chi connectivity index (χ1v) is 5.42. The van der Waals surface area contributed by atoms with Crippen LogP contribution in [0, 0.1) is 6.92 Å². The number of pyridine rings is 1. The third kappa shape index (κ3) is 1.54. The molecule has 0 aliphatic carbocycles. The van der Waals surface area contributed by atoms with Gasteiger partial charge in [0.1, 0.15) is 11.3 Å². The molecule has 2 aromatic heterocycles. The molecule has 0 bridgehead atoms. The number of hydrogen-bond acceptors (Lipinski definition) is 3. The number of H-pyrrole nitrogens is 1. The molecule has 3 aromatic rings. The van der Waals surface area contributed by atoms with Gasteiger partial charge in [0.25, 0.3) is 0 Å². The zero-order valence-electron chi connectivity index (χ0n) is 9.44. The van der Waals surface area contributed by atoms with Crippen LogP contribution in [0.2, 0.25) is 0 Å². The van der Waals surface area contributed by atoms with E-state index in [0.717, 1.165) is 28.1 Å². The zero-order chi connectivity index (χ0) is 11.8. The van der Waals surface area contributed by atoms with Crippen LogP contribution in [0.5, 0.6) is 0 Å². The molecular formula is C13H12N4. The molecule has 0 aliphatic heterocycles. The molecule has 0 spiro atoms. The molecule has 4 heteroatoms. The van der Waals surface area contributed by atoms with Crippen molar-refractivity contribution in [2.75, 3.05) is 5.73 Å². The molecule has 3 N–H and O–H groups in total. The zero-order valence-corrected chi connectivity index (χ0v) is 9.44. The molecule has 0 amide bonds. The normalized spacial score (nSPS) is 10.9. The summed E-state index contributed by atoms with van der Waals surface area (Å²) in [4.78, 5) is 12.0. The van der Waals surface area contributed by atoms with Crippen molar-refractivity contribution in [3.05, 3.63) is 42.2 Å². The minimum absolute atomic E-state index is 0.687. The molecule has 1 aromatic carbocycles. The van der Waals surface area contributed by atoms with Crippen LogP contribution in [0.4, 0.5) is 5.69 Å². The van der Waals surface area contributed by atoms with E-state index in [9.17, 15) is 0 Å². The summed E-state index contributed by atoms with van der Waals surface area (Å²) in [5.74, 6) is 0.809. The summed E-state index contributed by atoms with van der Waals surface area (Å²) >= 11 is 0. The van der Waals surface area contributed by atoms with Gasteiger partial charge in [0, 0.05) is 17.5 Å². The van der Waals surface area contributed by atoms with Gasteiger partial charge in [-0.1, -0.05) is 6.07 Å². The minimum atomic E-state index is 0.687. The third-order valence-electron chi connectivity index (χ3n) is 2.81. The van der Waals surface area contributed by atoms with Gasteiger partial charge in [0.2, 0.25) is 0 Å². The van der Waals surface area contributed by atoms with Crippen LogP contribution >= 0.6 is 0 Å². The molecule has 0 saturated carbocycles. The standard InChI is InChI=1S/C13H12N4/c1-8-9(4-3-7-15-8)13-16-11-6-2-5-10(14)12(11)17-13/h2-7H,14H2,1H3,(H,16,17). The highest BCUT2D eigenvalue weighted by molar-refractivity contribution is 5.89. The van der Waals surface area contributed by atoms with Crippen LogP contribution in [0.1, 0.15) is 5.69 Å². The summed E-state index contributed by atoms with van der Waals surface area (Å²) in [5, 5.41) is 0. The smallest absolute Gasteiger partial charge is 0.140 e. The second-order valence-corrected chi connectivity index (χ2v) is 3.97. The van der Waals surface area contributed by atoms with E-state index in [1.807, 2.05) is 37.3 Å². The number of anilines is 1. The van der Waals surface area contributed by atoms with Crippen LogP contribution in [0.15, 0.2) is 36.5 Å². The molecule has 17 heavy (non-hydrogen) atoms. The topological polar surface area (TPSA) is 67.6 Å². The first kappa shape index (κ1) is 9.84. The van der Waals surface area contributed by atoms with Gasteiger partial charge in [-0.05, 0) is 31.2 Å². The summed E-state index contributed by atoms with van der Waals surface area (Å²) in [7, 11) is 0. The lowest BCUT2D eigenvalue weighted by atomic mass is 10.2. The van der Waals surface area contributed by atoms with Crippen molar-refractivity contribution >= 4 is 16.7 Å². The summed E-state index contributed by atoms with van der Waals surface area (Å²) < 4.78 is 0. The van der Waals surface area contributed by atoms with E-state index in [-0.39, 0.29) is 0 Å². The van der Waals surface area contributed by atoms with Crippen molar-refractivity contribution in [1.82, 2.24) is 15.0 Å². The highest BCUT2D eigenvalue weighted by Gasteiger charge is 2.09. The Labute approximate surface area is 98.5 Å². The van der Waals surface area contributed by atoms with Gasteiger partial charge in [-0.15, -0.1) is 0 Å². The number of nitrogens with two attached hydrogens (primary N) is 1. The number of rotatable bonds is 1. The maximum atomic E-state index is 5.89. The van der Waals surface area contributed by atoms with E-state index in [1.165, 1.54) is 0 Å². The second kappa shape index (κ2) is 3.59. The van der Waals surface area contributed by atoms with Gasteiger partial charge >= 0.3 is 0 Å². The average molecular weight is 224 g/mol. The Hall–Kier alpha value is -2.36. The summed E-state index contributed by atoms with van der Waals surface area (Å²) in [6.07, 6.45) is 1.77. The van der Waals surface area contributed by atoms with Gasteiger partial charge in [-0.25, -0.2) is 4.98 Å². The van der Waals surface area contributed by atoms with Crippen molar-refractivity contribution in [3.8, 4) is 11.4 Å². The molecule has 0 radical (unpaired) electrons. The molecule has 0 unspecified atom stereocenters. The number of aryl methyl sites for hydroxylation is 1. The summed E-state index contributed by atoms with van der Waals surface area (Å²) in [6.45, 7) is 1.96. The number of benzene rings is 1. The van der Waals surface area contributed by atoms with Crippen LogP contribution in [-0.4, -0.2) is 15.0 Å². The molecule has 0 aliphatic rings. The second-order valence-electron chi connectivity index (χ2n) is 3.97. The van der Waals surface area contributed by atoms with Crippen LogP contribution in [-0.2, 0) is 0 Å². The van der Waals surface area contributed by atoms with Gasteiger partial charge in [0.15, 0.2) is 0 Å². The number of nitrogens with one attached hydrogen (secondary N) is 1. The van der Waals surface area contributed by atoms with E-state index in [0.29, 0.717) is 5.69 Å². The molecule has 0 atom stereocenters. The van der Waals surface area contributed by atoms with E-state index < -0.39 is 0 Å². The highest BCUT2D eigenvalue weighted by Crippen LogP contribution is 2.24. The first-order valence-electron chi connectivity index (χ1n) is 5.42. The molecule has 84 valence electrons. The molecule has 0 saturated heterocycles. The Morgan fingerprint density at radius 1 is 1.18 bits per heavy atom. The van der Waals surface area contributed by atoms with E-state index in [4.69, 9.17) is 5.73 Å². The predicted molar refractivity (Wildman–Crippen MR) is 68.5 cm³/mol. The Bertz CT molecular complexity index is 685. The van der Waals surface area contributed by atoms with Gasteiger partial charge < -0.3 is 10.7 Å². The van der Waals surface area contributed by atoms with Crippen LogP contribution in [0.25, 0.3) is 22.4 Å². The molecule has 0 fully saturated rings. The fraction of sp³-hybridized carbons (Fsp3) is 0.0769. The number of para-hydroxylation sites is 1. The van der Waals surface area contributed by atoms with Crippen molar-refractivity contribution < 1.29 is 0 Å². The lowest BCUT2D eigenvalue weighted by Crippen LogP contribution is -1.88. The average Bonchev–Trinajstić information content (AvgIpc) is 2.75. The Morgan fingerprint density at radius 2 is 2.06 bits per heavy atom. The number of fused-ring (bicyclic) bond motifs is 1. The number of hydrogen-bond donors (Lipinski definition) is 2. The monoisotopic (exact) mass is 224 g/mol. The molecule has 4 nitrogen and oxygen atoms in total. The Kier molecular flexibility index (Phi) is 2.08. The van der Waals surface area contributed by atoms with Crippen molar-refractivity contribution in [2.45, 2.75) is 6.92 Å². The quantitative estimate of drug-likeness (QED) is 0.624. The summed E-state index contributed by atoms with van der Waals surface area (Å²) in [6, 6.07) is 9.63. The predicted octanol–water partition coefficient (Wildman–Crippen LogP) is 2.52. The highest BCUT2D eigenvalue weighted by atomic mass is 14.9. The maximum Gasteiger partial charge on any atom is 0.140 e. The lowest BCUT2D eigenvalue weighted by Gasteiger charge is -1.99. The fourth-order valence-electron chi connectivity index (χ4n) is 1.92. The largest absolute Gasteiger partial charge is 0.397 e. The van der Waals surface area contributed by atoms with Crippen LogP contribution < -0.4 is 5.73 Å². The lowest BCUT2D eigenvalue weighted by molar-refractivity contribution is 1.18. The van der Waals surface area contributed by atoms with Crippen LogP contribution in [0.3, 0.4) is 0 Å². The van der Waals surface area contributed by atoms with E-state index >= 15 is 0 Å². The Morgan fingerprint density at radius 3 is 2.82 bits per heavy atom. The van der Waals surface area contributed by atoms with Gasteiger partial charge in [0.05, 0.1) is 11.2 Å². The van der Waals surface area contributed by atoms with E-state index in [2.05, 4.69) is 15.0 Å². The van der Waals surface area contributed by atoms with Gasteiger partial charge in [-0.2, -0.15) is 0 Å². The first-order chi connectivity index (χ1) is 8.25. The molecule has 3 rings (SSSR count). The van der Waals surface area contributed by atoms with E-state index in [1.54, 1.807) is 6.20 Å². The number of nitrogen functional groups attached to an aromatic ring is 1. The third-order valence-corrected chi connectivity index (χ3v) is 2.81. The number of aromatic nitrogens is 3. The SMILES string of the molecule is Cc1ncccc1-c1nc2c(N)cccc2[nH]1. The molecule has 2 heterocycles. The van der Waals surface area contributed by atoms with Crippen molar-refractivity contribution in [2.24, 2.45) is 0 Å². The number of nitrogens with zero attached hydrogens (tertiary/aromatic N) is 2. The van der Waals surface area contributed by atoms with Gasteiger partial charge in [-0.3, -0.25) is 4.98 Å². The van der Waals surface area contributed by atoms with Crippen molar-refractivity contribution in [1.29, 1.82) is 0 Å². The summed E-state index contributed by atoms with van der Waals surface area (Å²) in [5.41, 5.74) is 10.3. The fourth-order valence-corrected chi connectivity index (χ4v) is 1.92. The maximum absolute atomic E-state index is 5.89. The van der Waals surface area contributed by atoms with Crippen molar-refractivity contribution in [3.63, 3.8) is 0 Å². The Balaban J connectivity index is 2.26. The number of aromatic amines is 1. The minimum Gasteiger partial charge on any atom is -0.397 e. The number of imidazole rings is 1. The molecular weight excluding hydrogens is 212 g/mol.